The Balaban J connectivity index is 1.49. The van der Waals surface area contributed by atoms with E-state index in [2.05, 4.69) is 15.3 Å². The maximum absolute atomic E-state index is 11.8. The molecule has 21 heavy (non-hydrogen) atoms. The summed E-state index contributed by atoms with van der Waals surface area (Å²) in [6.45, 7) is 3.19. The second kappa shape index (κ2) is 6.05. The summed E-state index contributed by atoms with van der Waals surface area (Å²) >= 11 is 5.87. The first-order valence-corrected chi connectivity index (χ1v) is 7.79. The molecule has 2 amide bonds. The highest BCUT2D eigenvalue weighted by atomic mass is 35.5. The molecule has 0 unspecified atom stereocenters. The Morgan fingerprint density at radius 3 is 2.90 bits per heavy atom. The van der Waals surface area contributed by atoms with E-state index >= 15 is 0 Å². The maximum Gasteiger partial charge on any atom is 0.319 e. The molecule has 1 saturated carbocycles. The summed E-state index contributed by atoms with van der Waals surface area (Å²) in [4.78, 5) is 23.7. The number of aromatic nitrogens is 2. The lowest BCUT2D eigenvalue weighted by Crippen LogP contribution is -2.31. The molecular formula is C14H20ClN5O. The Kier molecular flexibility index (Phi) is 4.14. The van der Waals surface area contributed by atoms with Crippen LogP contribution >= 0.6 is 11.6 Å². The molecule has 1 aliphatic carbocycles. The topological polar surface area (TPSA) is 61.4 Å². The van der Waals surface area contributed by atoms with Gasteiger partial charge in [0, 0.05) is 45.0 Å². The van der Waals surface area contributed by atoms with Crippen LogP contribution in [0.25, 0.3) is 0 Å². The minimum Gasteiger partial charge on any atom is -0.370 e. The zero-order valence-corrected chi connectivity index (χ0v) is 12.9. The van der Waals surface area contributed by atoms with E-state index in [1.54, 1.807) is 4.90 Å². The number of carbonyl (C=O) groups excluding carboxylic acids is 1. The second-order valence-corrected chi connectivity index (χ2v) is 6.03. The van der Waals surface area contributed by atoms with Crippen LogP contribution < -0.4 is 5.32 Å². The SMILES string of the molecule is CN1CCN(CCCNc2nc(Cl)ncc2C2CC2)C1=O. The fourth-order valence-electron chi connectivity index (χ4n) is 2.59. The van der Waals surface area contributed by atoms with Gasteiger partial charge < -0.3 is 15.1 Å². The van der Waals surface area contributed by atoms with Crippen molar-refractivity contribution in [1.82, 2.24) is 19.8 Å². The zero-order valence-electron chi connectivity index (χ0n) is 12.2. The van der Waals surface area contributed by atoms with Crippen molar-refractivity contribution in [1.29, 1.82) is 0 Å². The van der Waals surface area contributed by atoms with Gasteiger partial charge in [0.1, 0.15) is 5.82 Å². The van der Waals surface area contributed by atoms with Crippen molar-refractivity contribution in [2.75, 3.05) is 38.5 Å². The Hall–Kier alpha value is -1.56. The largest absolute Gasteiger partial charge is 0.370 e. The molecule has 1 N–H and O–H groups in total. The first-order chi connectivity index (χ1) is 10.1. The lowest BCUT2D eigenvalue weighted by atomic mass is 10.2. The summed E-state index contributed by atoms with van der Waals surface area (Å²) in [6, 6.07) is 0.124. The van der Waals surface area contributed by atoms with Crippen LogP contribution in [-0.4, -0.2) is 59.0 Å². The highest BCUT2D eigenvalue weighted by Gasteiger charge is 2.27. The summed E-state index contributed by atoms with van der Waals surface area (Å²) in [5.41, 5.74) is 1.16. The Morgan fingerprint density at radius 2 is 2.24 bits per heavy atom. The molecule has 1 aliphatic heterocycles. The van der Waals surface area contributed by atoms with Crippen LogP contribution in [-0.2, 0) is 0 Å². The molecule has 0 bridgehead atoms. The summed E-state index contributed by atoms with van der Waals surface area (Å²) in [5, 5.41) is 3.61. The van der Waals surface area contributed by atoms with Crippen molar-refractivity contribution in [3.63, 3.8) is 0 Å². The predicted molar refractivity (Wildman–Crippen MR) is 81.7 cm³/mol. The van der Waals surface area contributed by atoms with Gasteiger partial charge in [0.05, 0.1) is 0 Å². The standard InChI is InChI=1S/C14H20ClN5O/c1-19-7-8-20(14(19)21)6-2-5-16-12-11(10-3-4-10)9-17-13(15)18-12/h9-10H,2-8H2,1H3,(H,16,17,18). The summed E-state index contributed by atoms with van der Waals surface area (Å²) < 4.78 is 0. The predicted octanol–water partition coefficient (Wildman–Crippen LogP) is 2.18. The summed E-state index contributed by atoms with van der Waals surface area (Å²) in [6.07, 6.45) is 5.13. The molecule has 0 spiro atoms. The molecule has 2 heterocycles. The number of anilines is 1. The molecule has 0 radical (unpaired) electrons. The van der Waals surface area contributed by atoms with Crippen molar-refractivity contribution < 1.29 is 4.79 Å². The van der Waals surface area contributed by atoms with E-state index in [1.807, 2.05) is 18.1 Å². The van der Waals surface area contributed by atoms with Gasteiger partial charge in [-0.1, -0.05) is 0 Å². The van der Waals surface area contributed by atoms with Crippen LogP contribution in [0.1, 0.15) is 30.7 Å². The van der Waals surface area contributed by atoms with Crippen LogP contribution in [0, 0.1) is 0 Å². The Bertz CT molecular complexity index is 534. The molecule has 1 aromatic heterocycles. The van der Waals surface area contributed by atoms with Crippen LogP contribution in [0.5, 0.6) is 0 Å². The van der Waals surface area contributed by atoms with Crippen LogP contribution in [0.3, 0.4) is 0 Å². The number of amides is 2. The number of halogens is 1. The van der Waals surface area contributed by atoms with Crippen LogP contribution in [0.2, 0.25) is 5.28 Å². The Labute approximate surface area is 129 Å². The third-order valence-electron chi connectivity index (χ3n) is 4.00. The lowest BCUT2D eigenvalue weighted by Gasteiger charge is -2.16. The van der Waals surface area contributed by atoms with Crippen molar-refractivity contribution in [2.24, 2.45) is 0 Å². The van der Waals surface area contributed by atoms with Crippen molar-refractivity contribution in [3.8, 4) is 0 Å². The molecule has 1 saturated heterocycles. The van der Waals surface area contributed by atoms with Gasteiger partial charge in [-0.25, -0.2) is 14.8 Å². The van der Waals surface area contributed by atoms with E-state index in [9.17, 15) is 4.79 Å². The van der Waals surface area contributed by atoms with E-state index in [-0.39, 0.29) is 11.3 Å². The van der Waals surface area contributed by atoms with Crippen molar-refractivity contribution in [3.05, 3.63) is 17.0 Å². The van der Waals surface area contributed by atoms with E-state index in [0.29, 0.717) is 5.92 Å². The number of carbonyl (C=O) groups is 1. The quantitative estimate of drug-likeness (QED) is 0.646. The number of urea groups is 1. The average Bonchev–Trinajstić information content (AvgIpc) is 3.25. The van der Waals surface area contributed by atoms with Gasteiger partial charge in [-0.3, -0.25) is 0 Å². The fraction of sp³-hybridized carbons (Fsp3) is 0.643. The van der Waals surface area contributed by atoms with Gasteiger partial charge in [0.15, 0.2) is 0 Å². The van der Waals surface area contributed by atoms with Gasteiger partial charge >= 0.3 is 6.03 Å². The molecule has 6 nitrogen and oxygen atoms in total. The van der Waals surface area contributed by atoms with E-state index in [0.717, 1.165) is 44.0 Å². The number of hydrogen-bond donors (Lipinski definition) is 1. The van der Waals surface area contributed by atoms with Crippen molar-refractivity contribution in [2.45, 2.75) is 25.2 Å². The molecular weight excluding hydrogens is 290 g/mol. The van der Waals surface area contributed by atoms with Gasteiger partial charge in [0.25, 0.3) is 0 Å². The molecule has 2 aliphatic rings. The molecule has 7 heteroatoms. The minimum absolute atomic E-state index is 0.124. The van der Waals surface area contributed by atoms with Gasteiger partial charge in [-0.05, 0) is 36.8 Å². The fourth-order valence-corrected chi connectivity index (χ4v) is 2.73. The third kappa shape index (κ3) is 3.37. The van der Waals surface area contributed by atoms with E-state index in [1.165, 1.54) is 12.8 Å². The number of likely N-dealkylation sites (N-methyl/N-ethyl adjacent to an activating group) is 1. The van der Waals surface area contributed by atoms with Gasteiger partial charge in [0.2, 0.25) is 5.28 Å². The van der Waals surface area contributed by atoms with E-state index < -0.39 is 0 Å². The number of nitrogens with one attached hydrogen (secondary N) is 1. The number of rotatable bonds is 6. The number of nitrogens with zero attached hydrogens (tertiary/aromatic N) is 4. The monoisotopic (exact) mass is 309 g/mol. The Morgan fingerprint density at radius 1 is 1.43 bits per heavy atom. The van der Waals surface area contributed by atoms with Crippen LogP contribution in [0.15, 0.2) is 6.20 Å². The highest BCUT2D eigenvalue weighted by Crippen LogP contribution is 2.42. The van der Waals surface area contributed by atoms with Crippen LogP contribution in [0.4, 0.5) is 10.6 Å². The highest BCUT2D eigenvalue weighted by molar-refractivity contribution is 6.28. The third-order valence-corrected chi connectivity index (χ3v) is 4.19. The molecule has 2 fully saturated rings. The second-order valence-electron chi connectivity index (χ2n) is 5.69. The molecule has 1 aromatic rings. The molecule has 3 rings (SSSR count). The van der Waals surface area contributed by atoms with Gasteiger partial charge in [-0.15, -0.1) is 0 Å². The van der Waals surface area contributed by atoms with E-state index in [4.69, 9.17) is 11.6 Å². The normalized spacial score (nSPS) is 18.5. The zero-order chi connectivity index (χ0) is 14.8. The first-order valence-electron chi connectivity index (χ1n) is 7.41. The smallest absolute Gasteiger partial charge is 0.319 e. The first kappa shape index (κ1) is 14.4. The lowest BCUT2D eigenvalue weighted by molar-refractivity contribution is 0.198. The number of hydrogen-bond acceptors (Lipinski definition) is 4. The van der Waals surface area contributed by atoms with Gasteiger partial charge in [-0.2, -0.15) is 0 Å². The maximum atomic E-state index is 11.8. The summed E-state index contributed by atoms with van der Waals surface area (Å²) in [5.74, 6) is 1.43. The molecule has 0 atom stereocenters. The average molecular weight is 310 g/mol. The van der Waals surface area contributed by atoms with Crippen molar-refractivity contribution >= 4 is 23.4 Å². The molecule has 114 valence electrons. The minimum atomic E-state index is 0.124. The summed E-state index contributed by atoms with van der Waals surface area (Å²) in [7, 11) is 1.84. The molecule has 0 aromatic carbocycles.